The molecule has 6 nitrogen and oxygen atoms in total. The minimum atomic E-state index is -0.509. The number of amides is 1. The van der Waals surface area contributed by atoms with Gasteiger partial charge in [-0.3, -0.25) is 9.59 Å². The highest BCUT2D eigenvalue weighted by Crippen LogP contribution is 2.18. The van der Waals surface area contributed by atoms with Crippen molar-refractivity contribution in [2.45, 2.75) is 46.7 Å². The normalized spacial score (nSPS) is 11.3. The van der Waals surface area contributed by atoms with Crippen LogP contribution < -0.4 is 11.1 Å². The highest BCUT2D eigenvalue weighted by molar-refractivity contribution is 6.66. The van der Waals surface area contributed by atoms with Crippen LogP contribution in [0.15, 0.2) is 110 Å². The standard InChI is InChI=1S/C14H13NO.C11H11N.C6H15N.C4H8O.C3H3ClO/c1-2-14(16)15-10-12-8-5-7-11-6-3-4-9-13(11)12;12-8-10-6-3-5-9-4-1-2-7-11(9)10;1-4-7(5-2)6-3;1-2-4-5-3-1;1-2-3(4)5/h2-9H,1,10H2,(H,15,16);1-7H,8,12H2;4-6H2,1-3H3;1-4H2;2H,1H2. The van der Waals surface area contributed by atoms with E-state index in [9.17, 15) is 9.59 Å². The van der Waals surface area contributed by atoms with E-state index in [0.717, 1.165) is 24.9 Å². The van der Waals surface area contributed by atoms with Crippen molar-refractivity contribution in [3.8, 4) is 0 Å². The van der Waals surface area contributed by atoms with Crippen LogP contribution in [-0.2, 0) is 27.4 Å². The molecule has 1 fully saturated rings. The fraction of sp³-hybridized carbons (Fsp3) is 0.316. The molecule has 0 aromatic heterocycles. The number of carbonyl (C=O) groups excluding carboxylic acids is 2. The number of hydrogen-bond acceptors (Lipinski definition) is 5. The van der Waals surface area contributed by atoms with Crippen molar-refractivity contribution >= 4 is 44.3 Å². The summed E-state index contributed by atoms with van der Waals surface area (Å²) in [4.78, 5) is 22.9. The molecule has 4 aromatic carbocycles. The van der Waals surface area contributed by atoms with Crippen molar-refractivity contribution in [1.82, 2.24) is 10.2 Å². The molecule has 0 spiro atoms. The third-order valence-electron chi connectivity index (χ3n) is 6.95. The van der Waals surface area contributed by atoms with Gasteiger partial charge in [-0.1, -0.05) is 119 Å². The summed E-state index contributed by atoms with van der Waals surface area (Å²) in [5, 5.41) is 7.17. The maximum atomic E-state index is 11.1. The smallest absolute Gasteiger partial charge is 0.244 e. The lowest BCUT2D eigenvalue weighted by Gasteiger charge is -2.13. The van der Waals surface area contributed by atoms with E-state index >= 15 is 0 Å². The first kappa shape index (κ1) is 39.2. The zero-order valence-corrected chi connectivity index (χ0v) is 27.9. The number of rotatable bonds is 8. The Balaban J connectivity index is 0.000000307. The summed E-state index contributed by atoms with van der Waals surface area (Å²) < 4.78 is 4.94. The average molecular weight is 632 g/mol. The maximum Gasteiger partial charge on any atom is 0.244 e. The van der Waals surface area contributed by atoms with Crippen LogP contribution >= 0.6 is 11.6 Å². The van der Waals surface area contributed by atoms with Crippen molar-refractivity contribution in [2.75, 3.05) is 32.8 Å². The van der Waals surface area contributed by atoms with E-state index in [1.54, 1.807) is 0 Å². The summed E-state index contributed by atoms with van der Waals surface area (Å²) in [5.41, 5.74) is 7.95. The van der Waals surface area contributed by atoms with Crippen LogP contribution in [-0.4, -0.2) is 48.9 Å². The molecular weight excluding hydrogens is 582 g/mol. The molecular formula is C38H50ClN3O3. The number of nitrogens with two attached hydrogens (primary N) is 1. The predicted molar refractivity (Wildman–Crippen MR) is 192 cm³/mol. The summed E-state index contributed by atoms with van der Waals surface area (Å²) >= 11 is 4.71. The maximum absolute atomic E-state index is 11.1. The van der Waals surface area contributed by atoms with Gasteiger partial charge in [-0.25, -0.2) is 0 Å². The number of nitrogens with one attached hydrogen (secondary N) is 1. The van der Waals surface area contributed by atoms with Crippen molar-refractivity contribution in [3.05, 3.63) is 121 Å². The second-order valence-electron chi connectivity index (χ2n) is 9.85. The third kappa shape index (κ3) is 16.2. The summed E-state index contributed by atoms with van der Waals surface area (Å²) in [5.74, 6) is -0.145. The molecule has 4 aromatic rings. The largest absolute Gasteiger partial charge is 0.381 e. The minimum absolute atomic E-state index is 0.145. The Morgan fingerprint density at radius 1 is 0.778 bits per heavy atom. The molecule has 3 N–H and O–H groups in total. The van der Waals surface area contributed by atoms with Crippen LogP contribution in [0.5, 0.6) is 0 Å². The van der Waals surface area contributed by atoms with E-state index in [1.807, 2.05) is 42.5 Å². The molecule has 0 unspecified atom stereocenters. The fourth-order valence-corrected chi connectivity index (χ4v) is 4.35. The van der Waals surface area contributed by atoms with Gasteiger partial charge in [-0.2, -0.15) is 0 Å². The van der Waals surface area contributed by atoms with Gasteiger partial charge in [0.1, 0.15) is 0 Å². The third-order valence-corrected chi connectivity index (χ3v) is 7.10. The molecule has 242 valence electrons. The van der Waals surface area contributed by atoms with Gasteiger partial charge in [0.25, 0.3) is 0 Å². The van der Waals surface area contributed by atoms with Gasteiger partial charge in [0, 0.05) is 26.3 Å². The lowest BCUT2D eigenvalue weighted by atomic mass is 10.0. The number of nitrogens with zero attached hydrogens (tertiary/aromatic N) is 1. The molecule has 7 heteroatoms. The lowest BCUT2D eigenvalue weighted by molar-refractivity contribution is -0.116. The molecule has 0 atom stereocenters. The molecule has 5 rings (SSSR count). The van der Waals surface area contributed by atoms with E-state index in [0.29, 0.717) is 13.1 Å². The Morgan fingerprint density at radius 2 is 1.22 bits per heavy atom. The quantitative estimate of drug-likeness (QED) is 0.152. The molecule has 0 radical (unpaired) electrons. The number of carbonyl (C=O) groups is 2. The molecule has 45 heavy (non-hydrogen) atoms. The van der Waals surface area contributed by atoms with Crippen LogP contribution in [0.2, 0.25) is 0 Å². The van der Waals surface area contributed by atoms with E-state index in [2.05, 4.69) is 86.6 Å². The van der Waals surface area contributed by atoms with Crippen molar-refractivity contribution in [2.24, 2.45) is 5.73 Å². The summed E-state index contributed by atoms with van der Waals surface area (Å²) in [6, 6.07) is 28.7. The summed E-state index contributed by atoms with van der Waals surface area (Å²) in [6.45, 7) is 19.8. The van der Waals surface area contributed by atoms with Crippen LogP contribution in [0.4, 0.5) is 0 Å². The van der Waals surface area contributed by atoms with Crippen molar-refractivity contribution in [3.63, 3.8) is 0 Å². The van der Waals surface area contributed by atoms with Gasteiger partial charge in [-0.05, 0) is 88.9 Å². The summed E-state index contributed by atoms with van der Waals surface area (Å²) in [7, 11) is 0. The predicted octanol–water partition coefficient (Wildman–Crippen LogP) is 8.02. The first-order valence-electron chi connectivity index (χ1n) is 15.5. The van der Waals surface area contributed by atoms with Crippen LogP contribution in [0.25, 0.3) is 21.5 Å². The number of fused-ring (bicyclic) bond motifs is 2. The van der Waals surface area contributed by atoms with Crippen LogP contribution in [0.1, 0.15) is 44.7 Å². The van der Waals surface area contributed by atoms with Crippen LogP contribution in [0, 0.1) is 0 Å². The molecule has 1 amide bonds. The van der Waals surface area contributed by atoms with E-state index in [-0.39, 0.29) is 5.91 Å². The Bertz CT molecular complexity index is 1410. The number of allylic oxidation sites excluding steroid dienone is 1. The Labute approximate surface area is 274 Å². The van der Waals surface area contributed by atoms with Gasteiger partial charge in [0.05, 0.1) is 0 Å². The molecule has 0 bridgehead atoms. The Kier molecular flexibility index (Phi) is 21.4. The number of ether oxygens (including phenoxy) is 1. The van der Waals surface area contributed by atoms with Gasteiger partial charge in [0.2, 0.25) is 11.1 Å². The fourth-order valence-electron chi connectivity index (χ4n) is 4.35. The zero-order chi connectivity index (χ0) is 33.3. The SMILES string of the molecule is C1CCOC1.C=CC(=O)Cl.C=CC(=O)NCc1cccc2ccccc12.CCN(CC)CC.NCc1cccc2ccccc12. The molecule has 1 aliphatic heterocycles. The van der Waals surface area contributed by atoms with Gasteiger partial charge >= 0.3 is 0 Å². The highest BCUT2D eigenvalue weighted by Gasteiger charge is 2.01. The highest BCUT2D eigenvalue weighted by atomic mass is 35.5. The molecule has 1 heterocycles. The van der Waals surface area contributed by atoms with Crippen molar-refractivity contribution in [1.29, 1.82) is 0 Å². The van der Waals surface area contributed by atoms with Gasteiger partial charge in [0.15, 0.2) is 0 Å². The molecule has 0 saturated carbocycles. The van der Waals surface area contributed by atoms with Gasteiger partial charge < -0.3 is 20.7 Å². The lowest BCUT2D eigenvalue weighted by Crippen LogP contribution is -2.21. The molecule has 1 aliphatic rings. The Morgan fingerprint density at radius 3 is 1.60 bits per heavy atom. The second kappa shape index (κ2) is 24.5. The number of hydrogen-bond donors (Lipinski definition) is 2. The summed E-state index contributed by atoms with van der Waals surface area (Å²) in [6.07, 6.45) is 4.88. The minimum Gasteiger partial charge on any atom is -0.381 e. The monoisotopic (exact) mass is 631 g/mol. The van der Waals surface area contributed by atoms with Crippen LogP contribution in [0.3, 0.4) is 0 Å². The van der Waals surface area contributed by atoms with Gasteiger partial charge in [-0.15, -0.1) is 0 Å². The van der Waals surface area contributed by atoms with E-state index in [1.165, 1.54) is 65.7 Å². The zero-order valence-electron chi connectivity index (χ0n) is 27.1. The first-order chi connectivity index (χ1) is 21.8. The number of halogens is 1. The average Bonchev–Trinajstić information content (AvgIpc) is 3.69. The molecule has 1 saturated heterocycles. The second-order valence-corrected chi connectivity index (χ2v) is 10.2. The van der Waals surface area contributed by atoms with E-state index < -0.39 is 5.24 Å². The van der Waals surface area contributed by atoms with E-state index in [4.69, 9.17) is 22.1 Å². The Hall–Kier alpha value is -3.81. The molecule has 0 aliphatic carbocycles. The topological polar surface area (TPSA) is 84.7 Å². The van der Waals surface area contributed by atoms with Crippen molar-refractivity contribution < 1.29 is 14.3 Å². The number of benzene rings is 4. The first-order valence-corrected chi connectivity index (χ1v) is 15.9.